The maximum Gasteiger partial charge on any atom is 0.265 e. The third-order valence-electron chi connectivity index (χ3n) is 4.30. The van der Waals surface area contributed by atoms with Crippen LogP contribution in [0.15, 0.2) is 24.3 Å². The molecule has 3 nitrogen and oxygen atoms in total. The van der Waals surface area contributed by atoms with Crippen molar-refractivity contribution in [2.24, 2.45) is 0 Å². The molecular formula is C18H21FN2OS. The molecule has 1 aliphatic heterocycles. The minimum absolute atomic E-state index is 0.233. The molecule has 3 rings (SSSR count). The van der Waals surface area contributed by atoms with Crippen LogP contribution in [0.3, 0.4) is 0 Å². The number of rotatable bonds is 4. The average molecular weight is 332 g/mol. The van der Waals surface area contributed by atoms with Crippen molar-refractivity contribution in [2.75, 3.05) is 23.3 Å². The van der Waals surface area contributed by atoms with Gasteiger partial charge < -0.3 is 10.2 Å². The molecule has 1 aliphatic rings. The van der Waals surface area contributed by atoms with Crippen molar-refractivity contribution in [3.63, 3.8) is 0 Å². The molecule has 122 valence electrons. The van der Waals surface area contributed by atoms with Gasteiger partial charge in [-0.05, 0) is 49.9 Å². The van der Waals surface area contributed by atoms with E-state index in [0.29, 0.717) is 10.6 Å². The molecule has 0 atom stereocenters. The Morgan fingerprint density at radius 3 is 2.74 bits per heavy atom. The molecule has 1 aromatic heterocycles. The van der Waals surface area contributed by atoms with E-state index in [1.165, 1.54) is 23.0 Å². The van der Waals surface area contributed by atoms with Crippen molar-refractivity contribution in [1.82, 2.24) is 0 Å². The number of hydrogen-bond donors (Lipinski definition) is 1. The number of benzene rings is 1. The monoisotopic (exact) mass is 332 g/mol. The standard InChI is InChI=1S/C18H21FN2OS/c1-3-13-11-16(23-12(13)2)18(22)20-17-14(19)7-6-8-15(17)21-9-4-5-10-21/h6-8,11H,3-5,9-10H2,1-2H3,(H,20,22). The maximum atomic E-state index is 14.3. The van der Waals surface area contributed by atoms with Crippen LogP contribution < -0.4 is 10.2 Å². The number of carbonyl (C=O) groups excluding carboxylic acids is 1. The van der Waals surface area contributed by atoms with E-state index in [4.69, 9.17) is 0 Å². The molecule has 2 aromatic rings. The number of hydrogen-bond acceptors (Lipinski definition) is 3. The lowest BCUT2D eigenvalue weighted by Crippen LogP contribution is -2.21. The van der Waals surface area contributed by atoms with Crippen LogP contribution in [0.2, 0.25) is 0 Å². The SMILES string of the molecule is CCc1cc(C(=O)Nc2c(F)cccc2N2CCCC2)sc1C. The quantitative estimate of drug-likeness (QED) is 0.887. The number of nitrogens with zero attached hydrogens (tertiary/aromatic N) is 1. The first-order valence-electron chi connectivity index (χ1n) is 8.04. The van der Waals surface area contributed by atoms with Crippen LogP contribution in [-0.2, 0) is 6.42 Å². The average Bonchev–Trinajstić information content (AvgIpc) is 3.18. The fourth-order valence-corrected chi connectivity index (χ4v) is 4.03. The second-order valence-corrected chi connectivity index (χ2v) is 7.08. The Kier molecular flexibility index (Phi) is 4.66. The molecule has 0 spiro atoms. The number of anilines is 2. The highest BCUT2D eigenvalue weighted by molar-refractivity contribution is 7.14. The highest BCUT2D eigenvalue weighted by Gasteiger charge is 2.21. The highest BCUT2D eigenvalue weighted by Crippen LogP contribution is 2.32. The van der Waals surface area contributed by atoms with Crippen molar-refractivity contribution >= 4 is 28.6 Å². The normalized spacial score (nSPS) is 14.3. The van der Waals surface area contributed by atoms with Gasteiger partial charge >= 0.3 is 0 Å². The summed E-state index contributed by atoms with van der Waals surface area (Å²) >= 11 is 1.46. The van der Waals surface area contributed by atoms with Crippen molar-refractivity contribution in [3.05, 3.63) is 45.4 Å². The van der Waals surface area contributed by atoms with Gasteiger partial charge in [-0.2, -0.15) is 0 Å². The first-order valence-corrected chi connectivity index (χ1v) is 8.86. The molecule has 0 saturated carbocycles. The van der Waals surface area contributed by atoms with Gasteiger partial charge in [0.05, 0.1) is 10.6 Å². The van der Waals surface area contributed by atoms with Crippen LogP contribution in [0.25, 0.3) is 0 Å². The molecule has 1 amide bonds. The Labute approximate surface area is 140 Å². The molecule has 0 radical (unpaired) electrons. The molecule has 23 heavy (non-hydrogen) atoms. The van der Waals surface area contributed by atoms with Crippen molar-refractivity contribution in [2.45, 2.75) is 33.1 Å². The minimum Gasteiger partial charge on any atom is -0.370 e. The molecule has 0 unspecified atom stereocenters. The molecule has 0 aliphatic carbocycles. The molecule has 1 saturated heterocycles. The third-order valence-corrected chi connectivity index (χ3v) is 5.39. The van der Waals surface area contributed by atoms with Gasteiger partial charge in [0.15, 0.2) is 0 Å². The molecule has 0 bridgehead atoms. The number of nitrogens with one attached hydrogen (secondary N) is 1. The lowest BCUT2D eigenvalue weighted by Gasteiger charge is -2.21. The smallest absolute Gasteiger partial charge is 0.265 e. The summed E-state index contributed by atoms with van der Waals surface area (Å²) in [5.74, 6) is -0.616. The van der Waals surface area contributed by atoms with E-state index in [-0.39, 0.29) is 11.7 Å². The second-order valence-electron chi connectivity index (χ2n) is 5.83. The van der Waals surface area contributed by atoms with E-state index >= 15 is 0 Å². The summed E-state index contributed by atoms with van der Waals surface area (Å²) in [5.41, 5.74) is 2.25. The first-order chi connectivity index (χ1) is 11.1. The summed E-state index contributed by atoms with van der Waals surface area (Å²) in [6, 6.07) is 6.88. The third kappa shape index (κ3) is 3.24. The summed E-state index contributed by atoms with van der Waals surface area (Å²) < 4.78 is 14.3. The number of carbonyl (C=O) groups is 1. The van der Waals surface area contributed by atoms with Crippen LogP contribution in [0.4, 0.5) is 15.8 Å². The molecule has 1 fully saturated rings. The van der Waals surface area contributed by atoms with E-state index in [1.807, 2.05) is 19.1 Å². The zero-order valence-corrected chi connectivity index (χ0v) is 14.3. The van der Waals surface area contributed by atoms with Gasteiger partial charge in [-0.3, -0.25) is 4.79 Å². The second kappa shape index (κ2) is 6.71. The van der Waals surface area contributed by atoms with Crippen molar-refractivity contribution in [3.8, 4) is 0 Å². The van der Waals surface area contributed by atoms with Gasteiger partial charge in [-0.1, -0.05) is 13.0 Å². The molecule has 2 heterocycles. The summed E-state index contributed by atoms with van der Waals surface area (Å²) in [6.07, 6.45) is 3.11. The Bertz CT molecular complexity index is 720. The van der Waals surface area contributed by atoms with Gasteiger partial charge in [0.2, 0.25) is 0 Å². The van der Waals surface area contributed by atoms with Gasteiger partial charge in [0.1, 0.15) is 11.5 Å². The van der Waals surface area contributed by atoms with E-state index < -0.39 is 0 Å². The Morgan fingerprint density at radius 2 is 2.09 bits per heavy atom. The van der Waals surface area contributed by atoms with Crippen LogP contribution in [-0.4, -0.2) is 19.0 Å². The van der Waals surface area contributed by atoms with Gasteiger partial charge in [0, 0.05) is 18.0 Å². The zero-order valence-electron chi connectivity index (χ0n) is 13.5. The Morgan fingerprint density at radius 1 is 1.35 bits per heavy atom. The summed E-state index contributed by atoms with van der Waals surface area (Å²) in [4.78, 5) is 16.4. The topological polar surface area (TPSA) is 32.3 Å². The van der Waals surface area contributed by atoms with Crippen LogP contribution in [0, 0.1) is 12.7 Å². The van der Waals surface area contributed by atoms with Crippen LogP contribution in [0.1, 0.15) is 39.9 Å². The van der Waals surface area contributed by atoms with Crippen LogP contribution in [0.5, 0.6) is 0 Å². The molecule has 5 heteroatoms. The van der Waals surface area contributed by atoms with Gasteiger partial charge in [-0.15, -0.1) is 11.3 Å². The van der Waals surface area contributed by atoms with E-state index in [2.05, 4.69) is 17.1 Å². The van der Waals surface area contributed by atoms with Crippen molar-refractivity contribution < 1.29 is 9.18 Å². The van der Waals surface area contributed by atoms with E-state index in [1.54, 1.807) is 6.07 Å². The number of aryl methyl sites for hydroxylation is 2. The largest absolute Gasteiger partial charge is 0.370 e. The Hall–Kier alpha value is -1.88. The fourth-order valence-electron chi connectivity index (χ4n) is 3.02. The lowest BCUT2D eigenvalue weighted by molar-refractivity contribution is 0.103. The lowest BCUT2D eigenvalue weighted by atomic mass is 10.2. The number of thiophene rings is 1. The molecule has 1 N–H and O–H groups in total. The number of amides is 1. The molecule has 1 aromatic carbocycles. The van der Waals surface area contributed by atoms with E-state index in [0.717, 1.165) is 42.9 Å². The minimum atomic E-state index is -0.383. The summed E-state index contributed by atoms with van der Waals surface area (Å²) in [5, 5.41) is 2.79. The first kappa shape index (κ1) is 16.0. The zero-order chi connectivity index (χ0) is 16.4. The highest BCUT2D eigenvalue weighted by atomic mass is 32.1. The number of halogens is 1. The predicted molar refractivity (Wildman–Crippen MR) is 94.2 cm³/mol. The summed E-state index contributed by atoms with van der Waals surface area (Å²) in [6.45, 7) is 5.90. The van der Waals surface area contributed by atoms with E-state index in [9.17, 15) is 9.18 Å². The number of para-hydroxylation sites is 1. The van der Waals surface area contributed by atoms with Crippen LogP contribution >= 0.6 is 11.3 Å². The predicted octanol–water partition coefficient (Wildman–Crippen LogP) is 4.61. The van der Waals surface area contributed by atoms with Gasteiger partial charge in [-0.25, -0.2) is 4.39 Å². The Balaban J connectivity index is 1.88. The summed E-state index contributed by atoms with van der Waals surface area (Å²) in [7, 11) is 0. The van der Waals surface area contributed by atoms with Gasteiger partial charge in [0.25, 0.3) is 5.91 Å². The molecular weight excluding hydrogens is 311 g/mol. The fraction of sp³-hybridized carbons (Fsp3) is 0.389. The maximum absolute atomic E-state index is 14.3. The van der Waals surface area contributed by atoms with Crippen molar-refractivity contribution in [1.29, 1.82) is 0 Å².